The smallest absolute Gasteiger partial charge is 0.268 e. The van der Waals surface area contributed by atoms with Gasteiger partial charge in [0.1, 0.15) is 13.2 Å². The van der Waals surface area contributed by atoms with E-state index in [0.29, 0.717) is 17.4 Å². The first-order valence-electron chi connectivity index (χ1n) is 26.0. The van der Waals surface area contributed by atoms with Gasteiger partial charge >= 0.3 is 0 Å². The van der Waals surface area contributed by atoms with Crippen molar-refractivity contribution in [3.05, 3.63) is 134 Å². The van der Waals surface area contributed by atoms with Crippen molar-refractivity contribution in [2.24, 2.45) is 0 Å². The predicted octanol–water partition coefficient (Wildman–Crippen LogP) is 15.0. The zero-order valence-electron chi connectivity index (χ0n) is 43.0. The van der Waals surface area contributed by atoms with Gasteiger partial charge in [-0.1, -0.05) is 205 Å². The number of carbonyl (C=O) groups excluding carboxylic acids is 1. The molecule has 0 aliphatic heterocycles. The number of phosphoric acid groups is 1. The summed E-state index contributed by atoms with van der Waals surface area (Å²) in [5.74, 6) is -0.272. The van der Waals surface area contributed by atoms with Crippen molar-refractivity contribution in [3.63, 3.8) is 0 Å². The van der Waals surface area contributed by atoms with Crippen LogP contribution in [-0.4, -0.2) is 68.5 Å². The molecule has 9 heteroatoms. The van der Waals surface area contributed by atoms with Gasteiger partial charge in [-0.05, 0) is 96.3 Å². The van der Waals surface area contributed by atoms with Crippen LogP contribution in [-0.2, 0) is 18.4 Å². The van der Waals surface area contributed by atoms with Crippen LogP contribution in [0.3, 0.4) is 0 Å². The number of quaternary nitrogens is 1. The number of allylic oxidation sites excluding steroid dienone is 21. The van der Waals surface area contributed by atoms with Gasteiger partial charge in [-0.15, -0.1) is 0 Å². The highest BCUT2D eigenvalue weighted by atomic mass is 31.2. The molecule has 0 fully saturated rings. The van der Waals surface area contributed by atoms with Crippen LogP contribution in [0.25, 0.3) is 0 Å². The molecule has 3 atom stereocenters. The Balaban J connectivity index is 4.47. The van der Waals surface area contributed by atoms with E-state index in [1.54, 1.807) is 6.08 Å². The average molecular weight is 949 g/mol. The summed E-state index contributed by atoms with van der Waals surface area (Å²) in [5.41, 5.74) is 0. The van der Waals surface area contributed by atoms with Gasteiger partial charge < -0.3 is 28.8 Å². The topological polar surface area (TPSA) is 108 Å². The summed E-state index contributed by atoms with van der Waals surface area (Å²) < 4.78 is 23.2. The van der Waals surface area contributed by atoms with Crippen LogP contribution in [0.4, 0.5) is 0 Å². The monoisotopic (exact) mass is 949 g/mol. The lowest BCUT2D eigenvalue weighted by atomic mass is 10.1. The summed E-state index contributed by atoms with van der Waals surface area (Å²) in [5, 5.41) is 13.8. The molecule has 0 aromatic carbocycles. The lowest BCUT2D eigenvalue weighted by Gasteiger charge is -2.29. The molecule has 2 N–H and O–H groups in total. The fraction of sp³-hybridized carbons (Fsp3) is 0.603. The number of nitrogens with one attached hydrogen (secondary N) is 1. The summed E-state index contributed by atoms with van der Waals surface area (Å²) in [6.07, 6.45) is 72.4. The summed E-state index contributed by atoms with van der Waals surface area (Å²) in [6.45, 7) is 4.44. The Bertz CT molecular complexity index is 1540. The number of carbonyl (C=O) groups is 1. The minimum atomic E-state index is -4.63. The molecule has 0 spiro atoms. The maximum absolute atomic E-state index is 12.9. The highest BCUT2D eigenvalue weighted by Gasteiger charge is 2.23. The van der Waals surface area contributed by atoms with Crippen LogP contribution in [0, 0.1) is 0 Å². The summed E-state index contributed by atoms with van der Waals surface area (Å²) in [4.78, 5) is 25.4. The predicted molar refractivity (Wildman–Crippen MR) is 288 cm³/mol. The van der Waals surface area contributed by atoms with Crippen LogP contribution >= 0.6 is 7.82 Å². The fourth-order valence-corrected chi connectivity index (χ4v) is 7.24. The molecular formula is C58H97N2O6P. The van der Waals surface area contributed by atoms with Crippen molar-refractivity contribution in [2.45, 2.75) is 187 Å². The maximum Gasteiger partial charge on any atom is 0.268 e. The molecule has 0 saturated carbocycles. The number of phosphoric ester groups is 1. The molecule has 0 radical (unpaired) electrons. The van der Waals surface area contributed by atoms with Crippen molar-refractivity contribution in [1.29, 1.82) is 0 Å². The van der Waals surface area contributed by atoms with E-state index in [0.717, 1.165) is 83.5 Å². The molecule has 0 aromatic heterocycles. The van der Waals surface area contributed by atoms with Crippen LogP contribution in [0.15, 0.2) is 134 Å². The minimum absolute atomic E-state index is 0.0252. The lowest BCUT2D eigenvalue weighted by molar-refractivity contribution is -0.870. The molecule has 0 heterocycles. The van der Waals surface area contributed by atoms with E-state index >= 15 is 0 Å². The Morgan fingerprint density at radius 3 is 1.39 bits per heavy atom. The first-order chi connectivity index (χ1) is 32.5. The van der Waals surface area contributed by atoms with Gasteiger partial charge in [-0.3, -0.25) is 9.36 Å². The fourth-order valence-electron chi connectivity index (χ4n) is 6.52. The number of unbranched alkanes of at least 4 members (excludes halogenated alkanes) is 12. The van der Waals surface area contributed by atoms with E-state index in [2.05, 4.69) is 141 Å². The second-order valence-corrected chi connectivity index (χ2v) is 19.5. The zero-order chi connectivity index (χ0) is 49.2. The molecule has 0 rings (SSSR count). The second kappa shape index (κ2) is 47.7. The standard InChI is InChI=1S/C58H97N2O6P/c1-6-8-10-12-14-16-18-20-22-24-25-26-27-28-29-30-31-32-33-34-35-36-38-40-42-44-46-48-50-52-58(62)59-56(55-66-67(63,64)65-54-53-60(3,4)5)57(61)51-49-47-45-43-41-39-37-23-21-19-17-15-13-11-9-7-2/h8,10,14,16,20,22,25-26,28-29,31-32,34-35,38,40-41,43-44,46,49,51,56-57,61H,6-7,9,11-13,15,17-19,21,23-24,27,30,33,36-37,39,42,45,47-48,50,52-55H2,1-5H3,(H-,59,62,63,64)/b10-8-,16-14-,22-20-,26-25-,29-28-,32-31-,35-34-,40-38-,43-41+,46-44-,51-49+. The Morgan fingerprint density at radius 2 is 0.925 bits per heavy atom. The number of hydrogen-bond donors (Lipinski definition) is 2. The number of aliphatic hydroxyl groups excluding tert-OH is 1. The molecule has 0 bridgehead atoms. The molecule has 0 aliphatic carbocycles. The van der Waals surface area contributed by atoms with Crippen molar-refractivity contribution >= 4 is 13.7 Å². The van der Waals surface area contributed by atoms with E-state index in [4.69, 9.17) is 9.05 Å². The summed E-state index contributed by atoms with van der Waals surface area (Å²) in [6, 6.07) is -0.944. The van der Waals surface area contributed by atoms with Gasteiger partial charge in [-0.25, -0.2) is 0 Å². The molecule has 0 aliphatic rings. The Labute approximate surface area is 411 Å². The maximum atomic E-state index is 12.9. The third-order valence-corrected chi connectivity index (χ3v) is 11.6. The highest BCUT2D eigenvalue weighted by Crippen LogP contribution is 2.38. The van der Waals surface area contributed by atoms with E-state index in [-0.39, 0.29) is 18.9 Å². The molecule has 8 nitrogen and oxygen atoms in total. The number of aliphatic hydroxyl groups is 1. The minimum Gasteiger partial charge on any atom is -0.756 e. The van der Waals surface area contributed by atoms with Crippen molar-refractivity contribution < 1.29 is 32.9 Å². The second-order valence-electron chi connectivity index (χ2n) is 18.1. The Morgan fingerprint density at radius 1 is 0.537 bits per heavy atom. The van der Waals surface area contributed by atoms with Gasteiger partial charge in [-0.2, -0.15) is 0 Å². The molecule has 0 aromatic rings. The largest absolute Gasteiger partial charge is 0.756 e. The van der Waals surface area contributed by atoms with Crippen LogP contribution in [0.5, 0.6) is 0 Å². The Kier molecular flexibility index (Phi) is 45.3. The van der Waals surface area contributed by atoms with Gasteiger partial charge in [0.2, 0.25) is 5.91 Å². The van der Waals surface area contributed by atoms with Crippen LogP contribution in [0.2, 0.25) is 0 Å². The van der Waals surface area contributed by atoms with Crippen molar-refractivity contribution in [3.8, 4) is 0 Å². The molecule has 0 saturated heterocycles. The molecule has 67 heavy (non-hydrogen) atoms. The third-order valence-electron chi connectivity index (χ3n) is 10.6. The van der Waals surface area contributed by atoms with Crippen molar-refractivity contribution in [2.75, 3.05) is 40.9 Å². The number of hydrogen-bond acceptors (Lipinski definition) is 6. The van der Waals surface area contributed by atoms with Crippen LogP contribution < -0.4 is 10.2 Å². The quantitative estimate of drug-likeness (QED) is 0.0272. The van der Waals surface area contributed by atoms with E-state index in [9.17, 15) is 19.4 Å². The van der Waals surface area contributed by atoms with Gasteiger partial charge in [0.25, 0.3) is 7.82 Å². The normalized spacial score (nSPS) is 15.1. The van der Waals surface area contributed by atoms with Gasteiger partial charge in [0, 0.05) is 6.42 Å². The molecular weight excluding hydrogens is 852 g/mol. The number of rotatable bonds is 45. The molecule has 1 amide bonds. The zero-order valence-corrected chi connectivity index (χ0v) is 43.9. The van der Waals surface area contributed by atoms with Gasteiger partial charge in [0.15, 0.2) is 0 Å². The lowest BCUT2D eigenvalue weighted by Crippen LogP contribution is -2.45. The van der Waals surface area contributed by atoms with E-state index in [1.165, 1.54) is 64.2 Å². The average Bonchev–Trinajstić information content (AvgIpc) is 3.29. The first kappa shape index (κ1) is 63.6. The summed E-state index contributed by atoms with van der Waals surface area (Å²) >= 11 is 0. The van der Waals surface area contributed by atoms with Gasteiger partial charge in [0.05, 0.1) is 39.9 Å². The SMILES string of the molecule is CC/C=C\C/C=C\C/C=C\C/C=C\C/C=C\C/C=C\C/C=C\C/C=C\C/C=C\CCCC(=O)NC(COP(=O)([O-])OCC[N+](C)(C)C)C(O)/C=C/CC/C=C/CCCCCCCCCCCC. The number of amides is 1. The molecule has 3 unspecified atom stereocenters. The number of nitrogens with zero attached hydrogens (tertiary/aromatic N) is 1. The summed E-state index contributed by atoms with van der Waals surface area (Å²) in [7, 11) is 1.18. The van der Waals surface area contributed by atoms with E-state index in [1.807, 2.05) is 27.2 Å². The highest BCUT2D eigenvalue weighted by molar-refractivity contribution is 7.45. The Hall–Kier alpha value is -3.36. The van der Waals surface area contributed by atoms with Crippen LogP contribution in [0.1, 0.15) is 174 Å². The third kappa shape index (κ3) is 50.3. The first-order valence-corrected chi connectivity index (χ1v) is 27.5. The molecule has 380 valence electrons. The van der Waals surface area contributed by atoms with E-state index < -0.39 is 26.6 Å². The van der Waals surface area contributed by atoms with Crippen molar-refractivity contribution in [1.82, 2.24) is 5.32 Å². The number of likely N-dealkylation sites (N-methyl/N-ethyl adjacent to an activating group) is 1.